The summed E-state index contributed by atoms with van der Waals surface area (Å²) >= 11 is 0. The Morgan fingerprint density at radius 3 is 2.77 bits per heavy atom. The van der Waals surface area contributed by atoms with Gasteiger partial charge in [-0.05, 0) is 45.1 Å². The molecule has 0 aromatic carbocycles. The minimum absolute atomic E-state index is 0.0607. The third-order valence-corrected chi connectivity index (χ3v) is 3.91. The van der Waals surface area contributed by atoms with Crippen LogP contribution >= 0.6 is 0 Å². The van der Waals surface area contributed by atoms with Crippen molar-refractivity contribution in [2.75, 3.05) is 19.8 Å². The van der Waals surface area contributed by atoms with E-state index in [2.05, 4.69) is 26.5 Å². The maximum Gasteiger partial charge on any atom is 0.163 e. The molecule has 0 aromatic heterocycles. The molecule has 0 unspecified atom stereocenters. The van der Waals surface area contributed by atoms with Crippen LogP contribution in [0.1, 0.15) is 47.0 Å². The SMILES string of the molecule is C=CCOC/C=C(\C)[C@H]1C[C@@H](CC[C@@H](C)CO)OC(C)(C)O1. The Balaban J connectivity index is 2.56. The summed E-state index contributed by atoms with van der Waals surface area (Å²) < 4.78 is 17.5. The normalized spacial score (nSPS) is 26.7. The van der Waals surface area contributed by atoms with Gasteiger partial charge in [0.2, 0.25) is 0 Å². The first-order chi connectivity index (χ1) is 10.4. The molecule has 128 valence electrons. The Kier molecular flexibility index (Phi) is 8.33. The minimum atomic E-state index is -0.576. The average Bonchev–Trinajstić information content (AvgIpc) is 2.47. The van der Waals surface area contributed by atoms with Gasteiger partial charge in [-0.3, -0.25) is 0 Å². The van der Waals surface area contributed by atoms with Crippen LogP contribution in [-0.2, 0) is 14.2 Å². The highest BCUT2D eigenvalue weighted by molar-refractivity contribution is 5.07. The second kappa shape index (κ2) is 9.46. The van der Waals surface area contributed by atoms with Gasteiger partial charge in [-0.2, -0.15) is 0 Å². The van der Waals surface area contributed by atoms with E-state index in [1.54, 1.807) is 6.08 Å². The summed E-state index contributed by atoms with van der Waals surface area (Å²) in [6.45, 7) is 13.1. The van der Waals surface area contributed by atoms with E-state index in [9.17, 15) is 0 Å². The second-order valence-corrected chi connectivity index (χ2v) is 6.62. The fourth-order valence-electron chi connectivity index (χ4n) is 2.60. The van der Waals surface area contributed by atoms with Gasteiger partial charge < -0.3 is 19.3 Å². The van der Waals surface area contributed by atoms with E-state index < -0.39 is 5.79 Å². The molecule has 0 aliphatic carbocycles. The van der Waals surface area contributed by atoms with Crippen molar-refractivity contribution in [3.8, 4) is 0 Å². The topological polar surface area (TPSA) is 47.9 Å². The van der Waals surface area contributed by atoms with E-state index in [0.717, 1.165) is 19.3 Å². The van der Waals surface area contributed by atoms with Crippen LogP contribution in [0.15, 0.2) is 24.3 Å². The molecule has 1 heterocycles. The lowest BCUT2D eigenvalue weighted by Gasteiger charge is -2.41. The molecule has 1 saturated heterocycles. The fraction of sp³-hybridized carbons (Fsp3) is 0.778. The molecule has 22 heavy (non-hydrogen) atoms. The van der Waals surface area contributed by atoms with Crippen molar-refractivity contribution in [1.29, 1.82) is 0 Å². The molecule has 1 fully saturated rings. The summed E-state index contributed by atoms with van der Waals surface area (Å²) in [5.74, 6) is -0.260. The van der Waals surface area contributed by atoms with Gasteiger partial charge in [0.05, 0.1) is 25.4 Å². The molecule has 0 spiro atoms. The molecular formula is C18H32O4. The molecule has 0 bridgehead atoms. The smallest absolute Gasteiger partial charge is 0.163 e. The van der Waals surface area contributed by atoms with Crippen molar-refractivity contribution in [1.82, 2.24) is 0 Å². The van der Waals surface area contributed by atoms with Crippen molar-refractivity contribution in [2.45, 2.75) is 65.0 Å². The molecule has 0 aromatic rings. The largest absolute Gasteiger partial charge is 0.396 e. The van der Waals surface area contributed by atoms with E-state index in [4.69, 9.17) is 19.3 Å². The summed E-state index contributed by atoms with van der Waals surface area (Å²) in [6, 6.07) is 0. The minimum Gasteiger partial charge on any atom is -0.396 e. The highest BCUT2D eigenvalue weighted by Crippen LogP contribution is 2.32. The van der Waals surface area contributed by atoms with E-state index in [1.165, 1.54) is 5.57 Å². The van der Waals surface area contributed by atoms with Gasteiger partial charge in [-0.15, -0.1) is 6.58 Å². The zero-order valence-corrected chi connectivity index (χ0v) is 14.5. The highest BCUT2D eigenvalue weighted by atomic mass is 16.7. The number of ether oxygens (including phenoxy) is 3. The van der Waals surface area contributed by atoms with Gasteiger partial charge in [0.1, 0.15) is 0 Å². The number of rotatable bonds is 9. The van der Waals surface area contributed by atoms with Crippen LogP contribution in [0.4, 0.5) is 0 Å². The predicted molar refractivity (Wildman–Crippen MR) is 88.7 cm³/mol. The maximum absolute atomic E-state index is 9.15. The standard InChI is InChI=1S/C18H32O4/c1-6-10-20-11-9-15(3)17-12-16(8-7-14(2)13-19)21-18(4,5)22-17/h6,9,14,16-17,19H,1,7-8,10-13H2,2-5H3/b15-9+/t14-,16-,17-/m1/s1. The Labute approximate surface area is 135 Å². The van der Waals surface area contributed by atoms with Crippen molar-refractivity contribution >= 4 is 0 Å². The summed E-state index contributed by atoms with van der Waals surface area (Å²) in [5.41, 5.74) is 1.18. The van der Waals surface area contributed by atoms with Crippen LogP contribution < -0.4 is 0 Å². The first-order valence-corrected chi connectivity index (χ1v) is 8.19. The van der Waals surface area contributed by atoms with Gasteiger partial charge in [0.25, 0.3) is 0 Å². The van der Waals surface area contributed by atoms with Gasteiger partial charge in [0.15, 0.2) is 5.79 Å². The first-order valence-electron chi connectivity index (χ1n) is 8.19. The van der Waals surface area contributed by atoms with Gasteiger partial charge >= 0.3 is 0 Å². The Morgan fingerprint density at radius 2 is 2.14 bits per heavy atom. The van der Waals surface area contributed by atoms with Gasteiger partial charge in [-0.25, -0.2) is 0 Å². The molecule has 3 atom stereocenters. The summed E-state index contributed by atoms with van der Waals surface area (Å²) in [5, 5.41) is 9.15. The second-order valence-electron chi connectivity index (χ2n) is 6.62. The lowest BCUT2D eigenvalue weighted by atomic mass is 9.96. The predicted octanol–water partition coefficient (Wildman–Crippen LogP) is 3.45. The molecule has 1 aliphatic heterocycles. The third-order valence-electron chi connectivity index (χ3n) is 3.91. The molecule has 0 radical (unpaired) electrons. The lowest BCUT2D eigenvalue weighted by molar-refractivity contribution is -0.293. The Morgan fingerprint density at radius 1 is 1.41 bits per heavy atom. The van der Waals surface area contributed by atoms with E-state index in [0.29, 0.717) is 19.1 Å². The van der Waals surface area contributed by atoms with Crippen LogP contribution in [-0.4, -0.2) is 42.9 Å². The third kappa shape index (κ3) is 7.05. The zero-order valence-electron chi connectivity index (χ0n) is 14.5. The summed E-state index contributed by atoms with van der Waals surface area (Å²) in [4.78, 5) is 0. The van der Waals surface area contributed by atoms with Gasteiger partial charge in [0, 0.05) is 13.0 Å². The zero-order chi connectivity index (χ0) is 16.6. The number of hydrogen-bond donors (Lipinski definition) is 1. The lowest BCUT2D eigenvalue weighted by Crippen LogP contribution is -2.45. The van der Waals surface area contributed by atoms with Crippen LogP contribution in [0.5, 0.6) is 0 Å². The van der Waals surface area contributed by atoms with Gasteiger partial charge in [-0.1, -0.05) is 19.1 Å². The molecule has 1 N–H and O–H groups in total. The number of aliphatic hydroxyl groups excluding tert-OH is 1. The van der Waals surface area contributed by atoms with E-state index in [-0.39, 0.29) is 18.8 Å². The van der Waals surface area contributed by atoms with Crippen LogP contribution in [0.2, 0.25) is 0 Å². The maximum atomic E-state index is 9.15. The van der Waals surface area contributed by atoms with Crippen LogP contribution in [0.3, 0.4) is 0 Å². The number of aliphatic hydroxyl groups is 1. The van der Waals surface area contributed by atoms with Crippen molar-refractivity contribution in [2.24, 2.45) is 5.92 Å². The van der Waals surface area contributed by atoms with Crippen LogP contribution in [0, 0.1) is 5.92 Å². The first kappa shape index (κ1) is 19.4. The highest BCUT2D eigenvalue weighted by Gasteiger charge is 2.35. The molecule has 1 aliphatic rings. The quantitative estimate of drug-likeness (QED) is 0.523. The van der Waals surface area contributed by atoms with Crippen molar-refractivity contribution < 1.29 is 19.3 Å². The Bertz CT molecular complexity index is 362. The van der Waals surface area contributed by atoms with Crippen molar-refractivity contribution in [3.63, 3.8) is 0 Å². The molecule has 4 nitrogen and oxygen atoms in total. The summed E-state index contributed by atoms with van der Waals surface area (Å²) in [6.07, 6.45) is 6.82. The summed E-state index contributed by atoms with van der Waals surface area (Å²) in [7, 11) is 0. The van der Waals surface area contributed by atoms with E-state index in [1.807, 2.05) is 13.8 Å². The molecule has 1 rings (SSSR count). The average molecular weight is 312 g/mol. The monoisotopic (exact) mass is 312 g/mol. The molecular weight excluding hydrogens is 280 g/mol. The van der Waals surface area contributed by atoms with E-state index >= 15 is 0 Å². The molecule has 4 heteroatoms. The van der Waals surface area contributed by atoms with Crippen molar-refractivity contribution in [3.05, 3.63) is 24.3 Å². The van der Waals surface area contributed by atoms with Crippen LogP contribution in [0.25, 0.3) is 0 Å². The molecule has 0 amide bonds. The Hall–Kier alpha value is -0.680. The molecule has 0 saturated carbocycles. The number of hydrogen-bond acceptors (Lipinski definition) is 4. The fourth-order valence-corrected chi connectivity index (χ4v) is 2.60.